The lowest BCUT2D eigenvalue weighted by Crippen LogP contribution is -2.38. The summed E-state index contributed by atoms with van der Waals surface area (Å²) in [7, 11) is 0. The zero-order valence-corrected chi connectivity index (χ0v) is 12.0. The zero-order valence-electron chi connectivity index (χ0n) is 10.4. The average Bonchev–Trinajstić information content (AvgIpc) is 2.32. The Balaban J connectivity index is 2.74. The summed E-state index contributed by atoms with van der Waals surface area (Å²) in [4.78, 5) is 11.6. The van der Waals surface area contributed by atoms with E-state index in [1.54, 1.807) is 19.1 Å². The molecule has 0 bridgehead atoms. The molecule has 1 atom stereocenters. The highest BCUT2D eigenvalue weighted by Crippen LogP contribution is 2.28. The number of hydrogen-bond acceptors (Lipinski definition) is 3. The van der Waals surface area contributed by atoms with Gasteiger partial charge in [-0.05, 0) is 32.0 Å². The van der Waals surface area contributed by atoms with Crippen LogP contribution in [0.15, 0.2) is 22.7 Å². The number of hydrogen-bond donors (Lipinski definition) is 3. The van der Waals surface area contributed by atoms with E-state index in [4.69, 9.17) is 9.84 Å². The molecular weight excluding hydrogens is 300 g/mol. The fourth-order valence-electron chi connectivity index (χ4n) is 1.30. The van der Waals surface area contributed by atoms with Gasteiger partial charge in [0.2, 0.25) is 0 Å². The first-order valence-corrected chi connectivity index (χ1v) is 6.46. The fraction of sp³-hybridized carbons (Fsp3) is 0.417. The number of aliphatic hydroxyl groups excluding tert-OH is 1. The van der Waals surface area contributed by atoms with Crippen molar-refractivity contribution in [1.82, 2.24) is 5.32 Å². The molecule has 100 valence electrons. The normalized spacial score (nSPS) is 11.8. The van der Waals surface area contributed by atoms with Crippen LogP contribution in [-0.4, -0.2) is 30.4 Å². The minimum atomic E-state index is -0.375. The van der Waals surface area contributed by atoms with Gasteiger partial charge in [0.1, 0.15) is 5.75 Å². The van der Waals surface area contributed by atoms with Crippen molar-refractivity contribution < 1.29 is 14.6 Å². The van der Waals surface area contributed by atoms with E-state index in [0.29, 0.717) is 18.0 Å². The van der Waals surface area contributed by atoms with E-state index in [2.05, 4.69) is 26.6 Å². The highest BCUT2D eigenvalue weighted by Gasteiger charge is 2.10. The molecule has 1 aromatic carbocycles. The van der Waals surface area contributed by atoms with Crippen LogP contribution in [0.2, 0.25) is 0 Å². The molecule has 3 N–H and O–H groups in total. The Morgan fingerprint density at radius 3 is 2.89 bits per heavy atom. The third kappa shape index (κ3) is 4.54. The van der Waals surface area contributed by atoms with Crippen LogP contribution in [0.25, 0.3) is 0 Å². The molecule has 0 aliphatic carbocycles. The molecule has 5 nitrogen and oxygen atoms in total. The lowest BCUT2D eigenvalue weighted by atomic mass is 10.3. The highest BCUT2D eigenvalue weighted by atomic mass is 79.9. The number of ether oxygens (including phenoxy) is 1. The van der Waals surface area contributed by atoms with Crippen molar-refractivity contribution in [3.8, 4) is 5.75 Å². The second-order valence-corrected chi connectivity index (χ2v) is 4.67. The number of urea groups is 1. The van der Waals surface area contributed by atoms with Crippen molar-refractivity contribution in [3.63, 3.8) is 0 Å². The largest absolute Gasteiger partial charge is 0.492 e. The molecule has 0 heterocycles. The van der Waals surface area contributed by atoms with E-state index in [1.165, 1.54) is 0 Å². The van der Waals surface area contributed by atoms with Crippen LogP contribution >= 0.6 is 15.9 Å². The lowest BCUT2D eigenvalue weighted by Gasteiger charge is -2.14. The van der Waals surface area contributed by atoms with Gasteiger partial charge in [-0.2, -0.15) is 0 Å². The summed E-state index contributed by atoms with van der Waals surface area (Å²) < 4.78 is 6.30. The van der Waals surface area contributed by atoms with Crippen molar-refractivity contribution >= 4 is 27.6 Å². The summed E-state index contributed by atoms with van der Waals surface area (Å²) in [6.07, 6.45) is 0. The maximum absolute atomic E-state index is 11.6. The molecule has 0 aromatic heterocycles. The molecule has 0 fully saturated rings. The number of rotatable bonds is 5. The third-order valence-electron chi connectivity index (χ3n) is 2.14. The van der Waals surface area contributed by atoms with Crippen LogP contribution in [-0.2, 0) is 0 Å². The van der Waals surface area contributed by atoms with Gasteiger partial charge in [-0.25, -0.2) is 4.79 Å². The summed E-state index contributed by atoms with van der Waals surface area (Å²) >= 11 is 3.34. The Kier molecular flexibility index (Phi) is 5.94. The van der Waals surface area contributed by atoms with Crippen LogP contribution in [0.4, 0.5) is 10.5 Å². The molecule has 18 heavy (non-hydrogen) atoms. The zero-order chi connectivity index (χ0) is 13.5. The van der Waals surface area contributed by atoms with E-state index in [-0.39, 0.29) is 18.7 Å². The molecule has 1 aromatic rings. The van der Waals surface area contributed by atoms with E-state index in [9.17, 15) is 4.79 Å². The molecule has 0 aliphatic rings. The Labute approximate surface area is 115 Å². The monoisotopic (exact) mass is 316 g/mol. The summed E-state index contributed by atoms with van der Waals surface area (Å²) in [6, 6.07) is 4.68. The molecule has 0 spiro atoms. The van der Waals surface area contributed by atoms with Crippen LogP contribution in [0.3, 0.4) is 0 Å². The maximum atomic E-state index is 11.6. The fourth-order valence-corrected chi connectivity index (χ4v) is 1.64. The Bertz CT molecular complexity index is 412. The van der Waals surface area contributed by atoms with Gasteiger partial charge in [0.25, 0.3) is 0 Å². The van der Waals surface area contributed by atoms with Crippen LogP contribution in [0, 0.1) is 0 Å². The van der Waals surface area contributed by atoms with E-state index in [0.717, 1.165) is 4.47 Å². The van der Waals surface area contributed by atoms with Crippen molar-refractivity contribution in [2.75, 3.05) is 18.5 Å². The topological polar surface area (TPSA) is 70.6 Å². The average molecular weight is 317 g/mol. The predicted molar refractivity (Wildman–Crippen MR) is 74.0 cm³/mol. The molecule has 0 unspecified atom stereocenters. The molecule has 0 saturated carbocycles. The number of halogens is 1. The Hall–Kier alpha value is -1.27. The molecule has 6 heteroatoms. The number of nitrogens with one attached hydrogen (secondary N) is 2. The van der Waals surface area contributed by atoms with E-state index in [1.807, 2.05) is 13.0 Å². The van der Waals surface area contributed by atoms with E-state index >= 15 is 0 Å². The van der Waals surface area contributed by atoms with Gasteiger partial charge in [-0.15, -0.1) is 0 Å². The Morgan fingerprint density at radius 1 is 1.56 bits per heavy atom. The van der Waals surface area contributed by atoms with Crippen molar-refractivity contribution in [1.29, 1.82) is 0 Å². The maximum Gasteiger partial charge on any atom is 0.319 e. The summed E-state index contributed by atoms with van der Waals surface area (Å²) in [6.45, 7) is 4.00. The first-order valence-electron chi connectivity index (χ1n) is 5.67. The first-order chi connectivity index (χ1) is 8.56. The smallest absolute Gasteiger partial charge is 0.319 e. The number of carbonyl (C=O) groups is 1. The molecule has 0 aliphatic heterocycles. The SMILES string of the molecule is CCOc1cc(Br)ccc1NC(=O)N[C@@H](C)CO. The van der Waals surface area contributed by atoms with Gasteiger partial charge in [-0.1, -0.05) is 15.9 Å². The standard InChI is InChI=1S/C12H17BrN2O3/c1-3-18-11-6-9(13)4-5-10(11)15-12(17)14-8(2)7-16/h4-6,8,16H,3,7H2,1-2H3,(H2,14,15,17)/t8-/m0/s1. The van der Waals surface area contributed by atoms with Crippen LogP contribution in [0.1, 0.15) is 13.8 Å². The van der Waals surface area contributed by atoms with Crippen molar-refractivity contribution in [2.45, 2.75) is 19.9 Å². The molecule has 0 saturated heterocycles. The minimum absolute atomic E-state index is 0.105. The van der Waals surface area contributed by atoms with Crippen molar-refractivity contribution in [2.24, 2.45) is 0 Å². The number of anilines is 1. The molecule has 0 radical (unpaired) electrons. The van der Waals surface area contributed by atoms with Crippen LogP contribution in [0.5, 0.6) is 5.75 Å². The quantitative estimate of drug-likeness (QED) is 0.781. The first kappa shape index (κ1) is 14.8. The van der Waals surface area contributed by atoms with Gasteiger partial charge < -0.3 is 20.5 Å². The molecule has 1 rings (SSSR count). The molecular formula is C12H17BrN2O3. The lowest BCUT2D eigenvalue weighted by molar-refractivity contribution is 0.229. The minimum Gasteiger partial charge on any atom is -0.492 e. The van der Waals surface area contributed by atoms with Gasteiger partial charge in [0, 0.05) is 4.47 Å². The second-order valence-electron chi connectivity index (χ2n) is 3.76. The van der Waals surface area contributed by atoms with Crippen molar-refractivity contribution in [3.05, 3.63) is 22.7 Å². The third-order valence-corrected chi connectivity index (χ3v) is 2.64. The number of aliphatic hydroxyl groups is 1. The van der Waals surface area contributed by atoms with Gasteiger partial charge >= 0.3 is 6.03 Å². The summed E-state index contributed by atoms with van der Waals surface area (Å²) in [5.41, 5.74) is 0.586. The highest BCUT2D eigenvalue weighted by molar-refractivity contribution is 9.10. The summed E-state index contributed by atoms with van der Waals surface area (Å²) in [5.74, 6) is 0.596. The summed E-state index contributed by atoms with van der Waals surface area (Å²) in [5, 5.41) is 14.1. The van der Waals surface area contributed by atoms with Gasteiger partial charge in [0.15, 0.2) is 0 Å². The molecule has 2 amide bonds. The van der Waals surface area contributed by atoms with Gasteiger partial charge in [-0.3, -0.25) is 0 Å². The second kappa shape index (κ2) is 7.23. The predicted octanol–water partition coefficient (Wildman–Crippen LogP) is 2.35. The number of amides is 2. The van der Waals surface area contributed by atoms with Crippen LogP contribution < -0.4 is 15.4 Å². The number of benzene rings is 1. The number of carbonyl (C=O) groups excluding carboxylic acids is 1. The Morgan fingerprint density at radius 2 is 2.28 bits per heavy atom. The van der Waals surface area contributed by atoms with Gasteiger partial charge in [0.05, 0.1) is 24.9 Å². The van der Waals surface area contributed by atoms with E-state index < -0.39 is 0 Å².